The summed E-state index contributed by atoms with van der Waals surface area (Å²) in [4.78, 5) is 22.8. The van der Waals surface area contributed by atoms with Crippen LogP contribution in [0.15, 0.2) is 36.5 Å². The number of carbonyl (C=O) groups excluding carboxylic acids is 1. The summed E-state index contributed by atoms with van der Waals surface area (Å²) in [5.41, 5.74) is 2.89. The van der Waals surface area contributed by atoms with Crippen molar-refractivity contribution in [1.82, 2.24) is 19.9 Å². The van der Waals surface area contributed by atoms with E-state index in [-0.39, 0.29) is 11.9 Å². The second-order valence-electron chi connectivity index (χ2n) is 6.97. The molecule has 1 N–H and O–H groups in total. The molecule has 3 heterocycles. The van der Waals surface area contributed by atoms with E-state index in [9.17, 15) is 4.79 Å². The third-order valence-electron chi connectivity index (χ3n) is 5.10. The number of aryl methyl sites for hydroxylation is 1. The molecule has 4 rings (SSSR count). The van der Waals surface area contributed by atoms with Crippen LogP contribution in [0.3, 0.4) is 0 Å². The Bertz CT molecular complexity index is 991. The predicted molar refractivity (Wildman–Crippen MR) is 108 cm³/mol. The van der Waals surface area contributed by atoms with Gasteiger partial charge in [-0.25, -0.2) is 9.97 Å². The number of imidazole rings is 1. The van der Waals surface area contributed by atoms with Crippen molar-refractivity contribution in [2.75, 3.05) is 18.0 Å². The van der Waals surface area contributed by atoms with Crippen LogP contribution in [0, 0.1) is 0 Å². The summed E-state index contributed by atoms with van der Waals surface area (Å²) < 4.78 is 2.06. The number of fused-ring (bicyclic) bond motifs is 1. The SMILES string of the molecule is CC(=O)NC1CCN(c2cc(-c3nc4ccccc4n3C)c(Cl)cn2)CC1. The van der Waals surface area contributed by atoms with Crippen molar-refractivity contribution in [2.45, 2.75) is 25.8 Å². The lowest BCUT2D eigenvalue weighted by atomic mass is 10.0. The Morgan fingerprint density at radius 3 is 2.70 bits per heavy atom. The van der Waals surface area contributed by atoms with Crippen molar-refractivity contribution >= 4 is 34.4 Å². The van der Waals surface area contributed by atoms with E-state index >= 15 is 0 Å². The van der Waals surface area contributed by atoms with Crippen LogP contribution in [0.5, 0.6) is 0 Å². The number of pyridine rings is 1. The number of aromatic nitrogens is 3. The van der Waals surface area contributed by atoms with Crippen LogP contribution < -0.4 is 10.2 Å². The molecule has 0 unspecified atom stereocenters. The van der Waals surface area contributed by atoms with Crippen LogP contribution in [0.25, 0.3) is 22.4 Å². The van der Waals surface area contributed by atoms with Crippen LogP contribution in [-0.4, -0.2) is 39.6 Å². The summed E-state index contributed by atoms with van der Waals surface area (Å²) in [6.45, 7) is 3.26. The van der Waals surface area contributed by atoms with Gasteiger partial charge < -0.3 is 14.8 Å². The van der Waals surface area contributed by atoms with Gasteiger partial charge in [0.15, 0.2) is 0 Å². The minimum absolute atomic E-state index is 0.0298. The first-order valence-electron chi connectivity index (χ1n) is 9.12. The summed E-state index contributed by atoms with van der Waals surface area (Å²) in [7, 11) is 2.00. The fourth-order valence-corrected chi connectivity index (χ4v) is 3.89. The summed E-state index contributed by atoms with van der Waals surface area (Å²) in [5, 5.41) is 3.59. The van der Waals surface area contributed by atoms with Gasteiger partial charge in [0.1, 0.15) is 11.6 Å². The highest BCUT2D eigenvalue weighted by Crippen LogP contribution is 2.32. The van der Waals surface area contributed by atoms with Crippen LogP contribution in [0.4, 0.5) is 5.82 Å². The molecular weight excluding hydrogens is 362 g/mol. The molecule has 27 heavy (non-hydrogen) atoms. The molecule has 1 aliphatic rings. The maximum absolute atomic E-state index is 11.2. The molecule has 140 valence electrons. The number of piperidine rings is 1. The molecule has 0 radical (unpaired) electrons. The number of rotatable bonds is 3. The zero-order valence-electron chi connectivity index (χ0n) is 15.4. The van der Waals surface area contributed by atoms with Gasteiger partial charge in [0, 0.05) is 44.9 Å². The maximum Gasteiger partial charge on any atom is 0.217 e. The number of hydrogen-bond donors (Lipinski definition) is 1. The molecule has 1 aromatic carbocycles. The van der Waals surface area contributed by atoms with Gasteiger partial charge in [0.2, 0.25) is 5.91 Å². The standard InChI is InChI=1S/C20H22ClN5O/c1-13(27)23-14-7-9-26(10-8-14)19-11-15(16(21)12-22-19)20-24-17-5-3-4-6-18(17)25(20)2/h3-6,11-12,14H,7-10H2,1-2H3,(H,23,27). The van der Waals surface area contributed by atoms with Gasteiger partial charge in [0.05, 0.1) is 16.1 Å². The van der Waals surface area contributed by atoms with Crippen molar-refractivity contribution in [3.63, 3.8) is 0 Å². The largest absolute Gasteiger partial charge is 0.356 e. The zero-order chi connectivity index (χ0) is 19.0. The minimum atomic E-state index is 0.0298. The van der Waals surface area contributed by atoms with Crippen molar-refractivity contribution < 1.29 is 4.79 Å². The van der Waals surface area contributed by atoms with Crippen molar-refractivity contribution in [3.8, 4) is 11.4 Å². The minimum Gasteiger partial charge on any atom is -0.356 e. The molecule has 1 fully saturated rings. The smallest absolute Gasteiger partial charge is 0.217 e. The van der Waals surface area contributed by atoms with Gasteiger partial charge in [-0.3, -0.25) is 4.79 Å². The quantitative estimate of drug-likeness (QED) is 0.753. The van der Waals surface area contributed by atoms with Crippen LogP contribution in [0.1, 0.15) is 19.8 Å². The first kappa shape index (κ1) is 17.8. The van der Waals surface area contributed by atoms with E-state index in [0.29, 0.717) is 5.02 Å². The van der Waals surface area contributed by atoms with Crippen LogP contribution >= 0.6 is 11.6 Å². The number of hydrogen-bond acceptors (Lipinski definition) is 4. The Balaban J connectivity index is 1.62. The zero-order valence-corrected chi connectivity index (χ0v) is 16.2. The Morgan fingerprint density at radius 2 is 2.00 bits per heavy atom. The van der Waals surface area contributed by atoms with Crippen molar-refractivity contribution in [2.24, 2.45) is 7.05 Å². The molecule has 0 bridgehead atoms. The number of carbonyl (C=O) groups is 1. The highest BCUT2D eigenvalue weighted by Gasteiger charge is 2.22. The molecule has 1 amide bonds. The fourth-order valence-electron chi connectivity index (χ4n) is 3.70. The van der Waals surface area contributed by atoms with Gasteiger partial charge in [-0.1, -0.05) is 23.7 Å². The second kappa shape index (κ2) is 7.19. The molecule has 7 heteroatoms. The molecule has 0 spiro atoms. The third-order valence-corrected chi connectivity index (χ3v) is 5.40. The number of anilines is 1. The lowest BCUT2D eigenvalue weighted by Crippen LogP contribution is -2.44. The molecule has 3 aromatic rings. The first-order valence-corrected chi connectivity index (χ1v) is 9.50. The number of nitrogens with one attached hydrogen (secondary N) is 1. The normalized spacial score (nSPS) is 15.3. The maximum atomic E-state index is 11.2. The highest BCUT2D eigenvalue weighted by molar-refractivity contribution is 6.33. The van der Waals surface area contributed by atoms with Crippen LogP contribution in [0.2, 0.25) is 5.02 Å². The van der Waals surface area contributed by atoms with E-state index in [1.165, 1.54) is 0 Å². The molecule has 0 aliphatic carbocycles. The molecule has 0 saturated carbocycles. The topological polar surface area (TPSA) is 63.1 Å². The summed E-state index contributed by atoms with van der Waals surface area (Å²) >= 11 is 6.47. The Hall–Kier alpha value is -2.60. The van der Waals surface area contributed by atoms with Gasteiger partial charge in [0.25, 0.3) is 0 Å². The van der Waals surface area contributed by atoms with E-state index in [2.05, 4.69) is 25.8 Å². The average molecular weight is 384 g/mol. The van der Waals surface area contributed by atoms with E-state index < -0.39 is 0 Å². The first-order chi connectivity index (χ1) is 13.0. The number of nitrogens with zero attached hydrogens (tertiary/aromatic N) is 4. The molecule has 1 saturated heterocycles. The summed E-state index contributed by atoms with van der Waals surface area (Å²) in [6, 6.07) is 10.3. The van der Waals surface area contributed by atoms with Gasteiger partial charge >= 0.3 is 0 Å². The highest BCUT2D eigenvalue weighted by atomic mass is 35.5. The molecule has 2 aromatic heterocycles. The lowest BCUT2D eigenvalue weighted by molar-refractivity contribution is -0.119. The second-order valence-corrected chi connectivity index (χ2v) is 7.37. The third kappa shape index (κ3) is 3.49. The van der Waals surface area contributed by atoms with Crippen molar-refractivity contribution in [3.05, 3.63) is 41.6 Å². The fraction of sp³-hybridized carbons (Fsp3) is 0.350. The van der Waals surface area contributed by atoms with E-state index in [1.807, 2.05) is 31.3 Å². The van der Waals surface area contributed by atoms with E-state index in [0.717, 1.165) is 54.2 Å². The predicted octanol–water partition coefficient (Wildman–Crippen LogP) is 3.39. The van der Waals surface area contributed by atoms with Gasteiger partial charge in [-0.05, 0) is 31.0 Å². The summed E-state index contributed by atoms with van der Waals surface area (Å²) in [5.74, 6) is 1.75. The van der Waals surface area contributed by atoms with E-state index in [4.69, 9.17) is 16.6 Å². The number of amides is 1. The Labute approximate surface area is 163 Å². The Morgan fingerprint density at radius 1 is 1.26 bits per heavy atom. The van der Waals surface area contributed by atoms with E-state index in [1.54, 1.807) is 13.1 Å². The molecule has 0 atom stereocenters. The number of benzene rings is 1. The number of halogens is 1. The van der Waals surface area contributed by atoms with Crippen molar-refractivity contribution in [1.29, 1.82) is 0 Å². The Kier molecular flexibility index (Phi) is 4.74. The average Bonchev–Trinajstić information content (AvgIpc) is 2.99. The summed E-state index contributed by atoms with van der Waals surface area (Å²) in [6.07, 6.45) is 3.52. The number of para-hydroxylation sites is 2. The monoisotopic (exact) mass is 383 g/mol. The lowest BCUT2D eigenvalue weighted by Gasteiger charge is -2.33. The molecule has 6 nitrogen and oxygen atoms in total. The molecule has 1 aliphatic heterocycles. The van der Waals surface area contributed by atoms with Gasteiger partial charge in [-0.2, -0.15) is 0 Å². The van der Waals surface area contributed by atoms with Gasteiger partial charge in [-0.15, -0.1) is 0 Å². The van der Waals surface area contributed by atoms with Crippen LogP contribution in [-0.2, 0) is 11.8 Å². The molecular formula is C20H22ClN5O.